The van der Waals surface area contributed by atoms with Gasteiger partial charge in [-0.05, 0) is 26.0 Å². The first-order chi connectivity index (χ1) is 10.7. The van der Waals surface area contributed by atoms with Crippen molar-refractivity contribution < 1.29 is 13.2 Å². The van der Waals surface area contributed by atoms with Gasteiger partial charge in [-0.1, -0.05) is 0 Å². The summed E-state index contributed by atoms with van der Waals surface area (Å²) in [6, 6.07) is 1.47. The van der Waals surface area contributed by atoms with Crippen LogP contribution in [0.25, 0.3) is 5.69 Å². The molecule has 0 radical (unpaired) electrons. The molecule has 0 bridgehead atoms. The molecule has 2 aromatic rings. The molecule has 2 rings (SSSR count). The van der Waals surface area contributed by atoms with Crippen LogP contribution in [0.4, 0.5) is 13.2 Å². The maximum atomic E-state index is 12.5. The summed E-state index contributed by atoms with van der Waals surface area (Å²) in [4.78, 5) is 27.9. The van der Waals surface area contributed by atoms with Gasteiger partial charge in [-0.15, -0.1) is 0 Å². The summed E-state index contributed by atoms with van der Waals surface area (Å²) in [6.07, 6.45) is -2.41. The van der Waals surface area contributed by atoms with Gasteiger partial charge in [0.25, 0.3) is 5.56 Å². The minimum absolute atomic E-state index is 0.0973. The number of hydrogen-bond acceptors (Lipinski definition) is 4. The molecule has 2 aromatic heterocycles. The fraction of sp³-hybridized carbons (Fsp3) is 0.357. The first kappa shape index (κ1) is 16.9. The Morgan fingerprint density at radius 1 is 1.26 bits per heavy atom. The third-order valence-electron chi connectivity index (χ3n) is 3.24. The summed E-state index contributed by atoms with van der Waals surface area (Å²) < 4.78 is 39.7. The van der Waals surface area contributed by atoms with Crippen LogP contribution < -0.4 is 17.0 Å². The van der Waals surface area contributed by atoms with Gasteiger partial charge in [-0.2, -0.15) is 13.2 Å². The fourth-order valence-corrected chi connectivity index (χ4v) is 2.10. The maximum Gasteiger partial charge on any atom is 0.433 e. The zero-order chi connectivity index (χ0) is 17.4. The van der Waals surface area contributed by atoms with Gasteiger partial charge in [0.2, 0.25) is 0 Å². The van der Waals surface area contributed by atoms with Gasteiger partial charge < -0.3 is 5.73 Å². The quantitative estimate of drug-likeness (QED) is 0.924. The average Bonchev–Trinajstić information content (AvgIpc) is 2.46. The van der Waals surface area contributed by atoms with Crippen LogP contribution in [0, 0.1) is 0 Å². The SMILES string of the molecule is CC(C)n1c(=O)c(CN)cn(-c2ccc(C(F)(F)F)nc2)c1=O. The molecular weight excluding hydrogens is 313 g/mol. The summed E-state index contributed by atoms with van der Waals surface area (Å²) in [5.41, 5.74) is 3.56. The second-order valence-corrected chi connectivity index (χ2v) is 5.18. The number of nitrogens with two attached hydrogens (primary N) is 1. The number of nitrogens with zero attached hydrogens (tertiary/aromatic N) is 3. The van der Waals surface area contributed by atoms with Crippen molar-refractivity contribution in [3.63, 3.8) is 0 Å². The minimum atomic E-state index is -4.57. The van der Waals surface area contributed by atoms with Gasteiger partial charge in [-0.3, -0.25) is 13.9 Å². The van der Waals surface area contributed by atoms with E-state index in [1.54, 1.807) is 13.8 Å². The molecule has 0 saturated heterocycles. The number of pyridine rings is 1. The van der Waals surface area contributed by atoms with E-state index in [1.807, 2.05) is 0 Å². The van der Waals surface area contributed by atoms with Crippen LogP contribution in [0.2, 0.25) is 0 Å². The first-order valence-corrected chi connectivity index (χ1v) is 6.77. The normalized spacial score (nSPS) is 12.0. The van der Waals surface area contributed by atoms with Crippen molar-refractivity contribution in [1.82, 2.24) is 14.1 Å². The summed E-state index contributed by atoms with van der Waals surface area (Å²) >= 11 is 0. The molecule has 0 amide bonds. The lowest BCUT2D eigenvalue weighted by atomic mass is 10.2. The standard InChI is InChI=1S/C14H15F3N4O2/c1-8(2)21-12(22)9(5-18)7-20(13(21)23)10-3-4-11(19-6-10)14(15,16)17/h3-4,6-8H,5,18H2,1-2H3. The molecule has 9 heteroatoms. The molecule has 23 heavy (non-hydrogen) atoms. The van der Waals surface area contributed by atoms with Crippen molar-refractivity contribution in [2.45, 2.75) is 32.6 Å². The minimum Gasteiger partial charge on any atom is -0.326 e. The highest BCUT2D eigenvalue weighted by Gasteiger charge is 2.32. The molecule has 0 saturated carbocycles. The Labute approximate surface area is 129 Å². The Morgan fingerprint density at radius 2 is 1.91 bits per heavy atom. The van der Waals surface area contributed by atoms with Crippen molar-refractivity contribution in [2.75, 3.05) is 0 Å². The zero-order valence-corrected chi connectivity index (χ0v) is 12.5. The van der Waals surface area contributed by atoms with Crippen LogP contribution in [0.3, 0.4) is 0 Å². The van der Waals surface area contributed by atoms with Crippen molar-refractivity contribution in [2.24, 2.45) is 5.73 Å². The third-order valence-corrected chi connectivity index (χ3v) is 3.24. The lowest BCUT2D eigenvalue weighted by Crippen LogP contribution is -2.42. The molecule has 2 N–H and O–H groups in total. The highest BCUT2D eigenvalue weighted by molar-refractivity contribution is 5.31. The topological polar surface area (TPSA) is 82.9 Å². The van der Waals surface area contributed by atoms with E-state index >= 15 is 0 Å². The molecule has 124 valence electrons. The molecule has 0 aliphatic carbocycles. The lowest BCUT2D eigenvalue weighted by molar-refractivity contribution is -0.141. The van der Waals surface area contributed by atoms with E-state index in [-0.39, 0.29) is 17.8 Å². The van der Waals surface area contributed by atoms with Crippen molar-refractivity contribution in [3.05, 3.63) is 56.6 Å². The zero-order valence-electron chi connectivity index (χ0n) is 12.5. The van der Waals surface area contributed by atoms with Crippen LogP contribution in [-0.4, -0.2) is 14.1 Å². The first-order valence-electron chi connectivity index (χ1n) is 6.77. The second kappa shape index (κ2) is 5.99. The molecule has 0 spiro atoms. The van der Waals surface area contributed by atoms with Crippen LogP contribution in [0.15, 0.2) is 34.1 Å². The van der Waals surface area contributed by atoms with E-state index in [2.05, 4.69) is 4.98 Å². The second-order valence-electron chi connectivity index (χ2n) is 5.18. The van der Waals surface area contributed by atoms with E-state index in [4.69, 9.17) is 5.73 Å². The van der Waals surface area contributed by atoms with E-state index < -0.39 is 29.2 Å². The van der Waals surface area contributed by atoms with Crippen LogP contribution in [-0.2, 0) is 12.7 Å². The van der Waals surface area contributed by atoms with Crippen LogP contribution >= 0.6 is 0 Å². The van der Waals surface area contributed by atoms with E-state index in [0.717, 1.165) is 27.5 Å². The highest BCUT2D eigenvalue weighted by Crippen LogP contribution is 2.27. The monoisotopic (exact) mass is 328 g/mol. The maximum absolute atomic E-state index is 12.5. The molecule has 0 fully saturated rings. The predicted molar refractivity (Wildman–Crippen MR) is 77.4 cm³/mol. The van der Waals surface area contributed by atoms with Gasteiger partial charge in [0, 0.05) is 24.3 Å². The summed E-state index contributed by atoms with van der Waals surface area (Å²) in [6.45, 7) is 3.21. The fourth-order valence-electron chi connectivity index (χ4n) is 2.10. The van der Waals surface area contributed by atoms with Gasteiger partial charge in [0.1, 0.15) is 5.69 Å². The summed E-state index contributed by atoms with van der Waals surface area (Å²) in [5, 5.41) is 0. The summed E-state index contributed by atoms with van der Waals surface area (Å²) in [7, 11) is 0. The number of aromatic nitrogens is 3. The third kappa shape index (κ3) is 3.19. The van der Waals surface area contributed by atoms with Crippen LogP contribution in [0.1, 0.15) is 31.1 Å². The van der Waals surface area contributed by atoms with Crippen molar-refractivity contribution in [3.8, 4) is 5.69 Å². The van der Waals surface area contributed by atoms with Gasteiger partial charge >= 0.3 is 11.9 Å². The Morgan fingerprint density at radius 3 is 2.35 bits per heavy atom. The smallest absolute Gasteiger partial charge is 0.326 e. The average molecular weight is 328 g/mol. The van der Waals surface area contributed by atoms with Gasteiger partial charge in [0.15, 0.2) is 0 Å². The number of alkyl halides is 3. The summed E-state index contributed by atoms with van der Waals surface area (Å²) in [5.74, 6) is 0. The number of halogens is 3. The predicted octanol–water partition coefficient (Wildman–Crippen LogP) is 1.45. The molecule has 0 unspecified atom stereocenters. The molecule has 0 aromatic carbocycles. The molecule has 6 nitrogen and oxygen atoms in total. The van der Waals surface area contributed by atoms with Crippen molar-refractivity contribution >= 4 is 0 Å². The van der Waals surface area contributed by atoms with Gasteiger partial charge in [-0.25, -0.2) is 9.78 Å². The molecule has 2 heterocycles. The Hall–Kier alpha value is -2.42. The molecule has 0 aliphatic heterocycles. The van der Waals surface area contributed by atoms with E-state index in [9.17, 15) is 22.8 Å². The largest absolute Gasteiger partial charge is 0.433 e. The van der Waals surface area contributed by atoms with Crippen LogP contribution in [0.5, 0.6) is 0 Å². The van der Waals surface area contributed by atoms with Crippen molar-refractivity contribution in [1.29, 1.82) is 0 Å². The Balaban J connectivity index is 2.67. The molecular formula is C14H15F3N4O2. The molecule has 0 atom stereocenters. The Kier molecular flexibility index (Phi) is 4.42. The van der Waals surface area contributed by atoms with E-state index in [1.165, 1.54) is 6.20 Å². The Bertz CT molecular complexity index is 820. The number of hydrogen-bond donors (Lipinski definition) is 1. The van der Waals surface area contributed by atoms with Gasteiger partial charge in [0.05, 0.1) is 11.9 Å². The van der Waals surface area contributed by atoms with E-state index in [0.29, 0.717) is 0 Å². The lowest BCUT2D eigenvalue weighted by Gasteiger charge is -2.15. The highest BCUT2D eigenvalue weighted by atomic mass is 19.4. The molecule has 0 aliphatic rings. The number of rotatable bonds is 3.